The maximum absolute atomic E-state index is 12.1. The van der Waals surface area contributed by atoms with E-state index in [0.717, 1.165) is 22.0 Å². The lowest BCUT2D eigenvalue weighted by atomic mass is 10.3. The number of thiazole rings is 1. The molecule has 0 saturated carbocycles. The van der Waals surface area contributed by atoms with Crippen molar-refractivity contribution in [3.63, 3.8) is 0 Å². The quantitative estimate of drug-likeness (QED) is 0.686. The van der Waals surface area contributed by atoms with Crippen molar-refractivity contribution in [2.75, 3.05) is 11.1 Å². The summed E-state index contributed by atoms with van der Waals surface area (Å²) >= 11 is 3.07. The highest BCUT2D eigenvalue weighted by atomic mass is 32.2. The molecule has 3 rings (SSSR count). The van der Waals surface area contributed by atoms with Crippen molar-refractivity contribution < 1.29 is 4.79 Å². The van der Waals surface area contributed by atoms with Crippen molar-refractivity contribution in [1.29, 1.82) is 0 Å². The maximum atomic E-state index is 12.1. The van der Waals surface area contributed by atoms with Gasteiger partial charge in [0.15, 0.2) is 4.96 Å². The topological polar surface area (TPSA) is 63.5 Å². The average Bonchev–Trinajstić information content (AvgIpc) is 2.94. The van der Waals surface area contributed by atoms with Crippen molar-refractivity contribution >= 4 is 39.7 Å². The highest BCUT2D eigenvalue weighted by Crippen LogP contribution is 2.15. The average molecular weight is 359 g/mol. The van der Waals surface area contributed by atoms with E-state index in [2.05, 4.69) is 10.3 Å². The molecule has 1 N–H and O–H groups in total. The molecule has 0 bridgehead atoms. The summed E-state index contributed by atoms with van der Waals surface area (Å²) in [6.07, 6.45) is 0.429. The van der Waals surface area contributed by atoms with E-state index in [4.69, 9.17) is 0 Å². The molecule has 7 heteroatoms. The van der Waals surface area contributed by atoms with Crippen LogP contribution in [-0.2, 0) is 10.5 Å². The van der Waals surface area contributed by atoms with Crippen molar-refractivity contribution in [2.45, 2.75) is 19.1 Å². The fourth-order valence-electron chi connectivity index (χ4n) is 2.26. The molecule has 0 aliphatic carbocycles. The Morgan fingerprint density at radius 1 is 1.33 bits per heavy atom. The maximum Gasteiger partial charge on any atom is 0.258 e. The highest BCUT2D eigenvalue weighted by molar-refractivity contribution is 7.98. The van der Waals surface area contributed by atoms with Crippen LogP contribution in [0.15, 0.2) is 46.6 Å². The van der Waals surface area contributed by atoms with E-state index < -0.39 is 0 Å². The molecule has 3 aromatic rings. The smallest absolute Gasteiger partial charge is 0.258 e. The molecule has 0 atom stereocenters. The zero-order valence-electron chi connectivity index (χ0n) is 13.2. The summed E-state index contributed by atoms with van der Waals surface area (Å²) in [4.78, 5) is 29.2. The molecule has 0 unspecified atom stereocenters. The summed E-state index contributed by atoms with van der Waals surface area (Å²) < 4.78 is 1.62. The second kappa shape index (κ2) is 7.63. The van der Waals surface area contributed by atoms with E-state index in [1.807, 2.05) is 42.6 Å². The number of para-hydroxylation sites is 1. The minimum Gasteiger partial charge on any atom is -0.326 e. The number of benzene rings is 1. The Kier molecular flexibility index (Phi) is 5.32. The second-order valence-corrected chi connectivity index (χ2v) is 7.24. The van der Waals surface area contributed by atoms with Gasteiger partial charge in [0.2, 0.25) is 5.91 Å². The predicted octanol–water partition coefficient (Wildman–Crippen LogP) is 3.33. The third-order valence-electron chi connectivity index (χ3n) is 3.41. The molecule has 1 amide bonds. The van der Waals surface area contributed by atoms with E-state index in [-0.39, 0.29) is 11.5 Å². The zero-order chi connectivity index (χ0) is 16.9. The summed E-state index contributed by atoms with van der Waals surface area (Å²) in [5, 5.41) is 4.78. The molecular weight excluding hydrogens is 342 g/mol. The van der Waals surface area contributed by atoms with Crippen molar-refractivity contribution in [1.82, 2.24) is 9.38 Å². The van der Waals surface area contributed by atoms with Gasteiger partial charge in [-0.1, -0.05) is 18.2 Å². The van der Waals surface area contributed by atoms with Gasteiger partial charge in [-0.25, -0.2) is 4.98 Å². The number of thioether (sulfide) groups is 1. The Morgan fingerprint density at radius 2 is 2.12 bits per heavy atom. The van der Waals surface area contributed by atoms with E-state index in [9.17, 15) is 9.59 Å². The summed E-state index contributed by atoms with van der Waals surface area (Å²) in [6.45, 7) is 1.90. The number of carbonyl (C=O) groups excluding carboxylic acids is 1. The SMILES string of the molecule is Cc1csc2nc(CSCCC(=O)Nc3ccccc3)cc(=O)n12. The van der Waals surface area contributed by atoms with Crippen molar-refractivity contribution in [2.24, 2.45) is 0 Å². The molecule has 0 spiro atoms. The molecule has 2 aromatic heterocycles. The van der Waals surface area contributed by atoms with Crippen molar-refractivity contribution in [3.8, 4) is 0 Å². The zero-order valence-corrected chi connectivity index (χ0v) is 14.8. The van der Waals surface area contributed by atoms with Crippen LogP contribution >= 0.6 is 23.1 Å². The fraction of sp³-hybridized carbons (Fsp3) is 0.235. The molecule has 1 aromatic carbocycles. The van der Waals surface area contributed by atoms with E-state index in [0.29, 0.717) is 17.9 Å². The number of rotatable bonds is 6. The highest BCUT2D eigenvalue weighted by Gasteiger charge is 2.07. The Bertz CT molecular complexity index is 903. The molecule has 0 radical (unpaired) electrons. The molecule has 0 aliphatic heterocycles. The number of anilines is 1. The number of aryl methyl sites for hydroxylation is 1. The summed E-state index contributed by atoms with van der Waals surface area (Å²) in [6, 6.07) is 11.0. The van der Waals surface area contributed by atoms with Gasteiger partial charge in [0.25, 0.3) is 5.56 Å². The monoisotopic (exact) mass is 359 g/mol. The van der Waals surface area contributed by atoms with Crippen LogP contribution in [-0.4, -0.2) is 21.0 Å². The minimum absolute atomic E-state index is 0.00828. The largest absolute Gasteiger partial charge is 0.326 e. The van der Waals surface area contributed by atoms with Gasteiger partial charge in [-0.2, -0.15) is 11.8 Å². The first-order chi connectivity index (χ1) is 11.6. The molecule has 0 fully saturated rings. The third kappa shape index (κ3) is 4.04. The van der Waals surface area contributed by atoms with Gasteiger partial charge in [-0.05, 0) is 19.1 Å². The summed E-state index contributed by atoms with van der Waals surface area (Å²) in [5.74, 6) is 1.30. The summed E-state index contributed by atoms with van der Waals surface area (Å²) in [5.41, 5.74) is 2.43. The van der Waals surface area contributed by atoms with Crippen LogP contribution in [0.5, 0.6) is 0 Å². The van der Waals surface area contributed by atoms with Gasteiger partial charge >= 0.3 is 0 Å². The van der Waals surface area contributed by atoms with Crippen LogP contribution in [0, 0.1) is 6.92 Å². The molecule has 2 heterocycles. The number of nitrogens with zero attached hydrogens (tertiary/aromatic N) is 2. The van der Waals surface area contributed by atoms with Crippen LogP contribution < -0.4 is 10.9 Å². The van der Waals surface area contributed by atoms with E-state index >= 15 is 0 Å². The predicted molar refractivity (Wildman–Crippen MR) is 99.9 cm³/mol. The first-order valence-electron chi connectivity index (χ1n) is 7.53. The van der Waals surface area contributed by atoms with Crippen LogP contribution in [0.1, 0.15) is 17.8 Å². The van der Waals surface area contributed by atoms with Gasteiger partial charge in [-0.3, -0.25) is 14.0 Å². The van der Waals surface area contributed by atoms with E-state index in [1.165, 1.54) is 11.3 Å². The number of aromatic nitrogens is 2. The molecular formula is C17H17N3O2S2. The summed E-state index contributed by atoms with van der Waals surface area (Å²) in [7, 11) is 0. The van der Waals surface area contributed by atoms with Crippen molar-refractivity contribution in [3.05, 3.63) is 63.5 Å². The Hall–Kier alpha value is -2.12. The lowest BCUT2D eigenvalue weighted by molar-refractivity contribution is -0.115. The molecule has 124 valence electrons. The first kappa shape index (κ1) is 16.7. The molecule has 24 heavy (non-hydrogen) atoms. The fourth-order valence-corrected chi connectivity index (χ4v) is 3.98. The van der Waals surface area contributed by atoms with Gasteiger partial charge in [0, 0.05) is 40.8 Å². The number of hydrogen-bond donors (Lipinski definition) is 1. The van der Waals surface area contributed by atoms with Gasteiger partial charge in [0.1, 0.15) is 0 Å². The first-order valence-corrected chi connectivity index (χ1v) is 9.56. The number of fused-ring (bicyclic) bond motifs is 1. The van der Waals surface area contributed by atoms with E-state index in [1.54, 1.807) is 22.2 Å². The molecule has 5 nitrogen and oxygen atoms in total. The van der Waals surface area contributed by atoms with Gasteiger partial charge in [-0.15, -0.1) is 11.3 Å². The Balaban J connectivity index is 1.50. The van der Waals surface area contributed by atoms with Gasteiger partial charge in [0.05, 0.1) is 5.69 Å². The normalized spacial score (nSPS) is 10.9. The number of nitrogens with one attached hydrogen (secondary N) is 1. The number of carbonyl (C=O) groups is 1. The Labute approximate surface area is 147 Å². The lowest BCUT2D eigenvalue weighted by Crippen LogP contribution is -2.15. The minimum atomic E-state index is -0.0452. The van der Waals surface area contributed by atoms with Crippen LogP contribution in [0.25, 0.3) is 4.96 Å². The van der Waals surface area contributed by atoms with Crippen LogP contribution in [0.2, 0.25) is 0 Å². The molecule has 0 aliphatic rings. The standard InChI is InChI=1S/C17H17N3O2S2/c1-12-10-24-17-19-14(9-16(22)20(12)17)11-23-8-7-15(21)18-13-5-3-2-4-6-13/h2-6,9-10H,7-8,11H2,1H3,(H,18,21). The van der Waals surface area contributed by atoms with Crippen LogP contribution in [0.3, 0.4) is 0 Å². The van der Waals surface area contributed by atoms with Crippen LogP contribution in [0.4, 0.5) is 5.69 Å². The Morgan fingerprint density at radius 3 is 2.92 bits per heavy atom. The second-order valence-electron chi connectivity index (χ2n) is 5.30. The third-order valence-corrected chi connectivity index (χ3v) is 5.35. The number of amides is 1. The van der Waals surface area contributed by atoms with Gasteiger partial charge < -0.3 is 5.32 Å². The number of hydrogen-bond acceptors (Lipinski definition) is 5. The molecule has 0 saturated heterocycles. The lowest BCUT2D eigenvalue weighted by Gasteiger charge is -2.05.